The van der Waals surface area contributed by atoms with E-state index >= 15 is 0 Å². The second kappa shape index (κ2) is 5.75. The van der Waals surface area contributed by atoms with Gasteiger partial charge < -0.3 is 5.11 Å². The summed E-state index contributed by atoms with van der Waals surface area (Å²) < 4.78 is 0. The molecule has 3 nitrogen and oxygen atoms in total. The van der Waals surface area contributed by atoms with Gasteiger partial charge in [-0.2, -0.15) is 0 Å². The second-order valence-electron chi connectivity index (χ2n) is 6.51. The zero-order valence-corrected chi connectivity index (χ0v) is 13.2. The maximum atomic E-state index is 13.0. The third-order valence-electron chi connectivity index (χ3n) is 5.09. The van der Waals surface area contributed by atoms with Crippen LogP contribution >= 0.6 is 0 Å². The molecule has 2 unspecified atom stereocenters. The number of fused-ring (bicyclic) bond motifs is 1. The van der Waals surface area contributed by atoms with Crippen molar-refractivity contribution in [2.24, 2.45) is 5.92 Å². The van der Waals surface area contributed by atoms with Crippen LogP contribution in [0.5, 0.6) is 0 Å². The minimum atomic E-state index is -0.908. The highest BCUT2D eigenvalue weighted by Crippen LogP contribution is 2.46. The summed E-state index contributed by atoms with van der Waals surface area (Å²) in [5.41, 5.74) is 3.02. The van der Waals surface area contributed by atoms with E-state index in [1.54, 1.807) is 0 Å². The molecule has 0 aromatic heterocycles. The van der Waals surface area contributed by atoms with E-state index in [9.17, 15) is 14.7 Å². The molecule has 0 saturated heterocycles. The lowest BCUT2D eigenvalue weighted by atomic mass is 9.88. The van der Waals surface area contributed by atoms with Crippen molar-refractivity contribution in [2.45, 2.75) is 25.2 Å². The Morgan fingerprint density at radius 1 is 1.12 bits per heavy atom. The van der Waals surface area contributed by atoms with Crippen LogP contribution in [0.1, 0.15) is 30.7 Å². The Labute approximate surface area is 140 Å². The van der Waals surface area contributed by atoms with Crippen LogP contribution in [0.25, 0.3) is 10.8 Å². The number of benzene rings is 2. The third kappa shape index (κ3) is 2.37. The van der Waals surface area contributed by atoms with Crippen LogP contribution < -0.4 is 0 Å². The summed E-state index contributed by atoms with van der Waals surface area (Å²) in [4.78, 5) is 24.2. The molecule has 0 bridgehead atoms. The Morgan fingerprint density at radius 3 is 2.71 bits per heavy atom. The van der Waals surface area contributed by atoms with Gasteiger partial charge >= 0.3 is 5.97 Å². The number of carboxylic acid groups (broad SMARTS) is 1. The minimum Gasteiger partial charge on any atom is -0.481 e. The summed E-state index contributed by atoms with van der Waals surface area (Å²) in [6.45, 7) is 0. The summed E-state index contributed by atoms with van der Waals surface area (Å²) in [5, 5.41) is 11.4. The fraction of sp³-hybridized carbons (Fsp3) is 0.238. The van der Waals surface area contributed by atoms with Gasteiger partial charge in [-0.25, -0.2) is 0 Å². The van der Waals surface area contributed by atoms with Crippen molar-refractivity contribution in [1.29, 1.82) is 0 Å². The number of hydrogen-bond donors (Lipinski definition) is 1. The van der Waals surface area contributed by atoms with Crippen LogP contribution in [0.4, 0.5) is 0 Å². The Hall–Kier alpha value is -2.68. The summed E-state index contributed by atoms with van der Waals surface area (Å²) in [7, 11) is 0. The van der Waals surface area contributed by atoms with Crippen LogP contribution in [0, 0.1) is 5.92 Å². The number of Topliss-reactive ketones (excluding diaryl/α,β-unsaturated/α-hetero) is 1. The van der Waals surface area contributed by atoms with E-state index in [1.165, 1.54) is 0 Å². The van der Waals surface area contributed by atoms with E-state index in [2.05, 4.69) is 12.1 Å². The molecule has 3 heteroatoms. The summed E-state index contributed by atoms with van der Waals surface area (Å²) >= 11 is 0. The number of ketones is 1. The zero-order valence-electron chi connectivity index (χ0n) is 13.2. The molecule has 2 atom stereocenters. The standard InChI is InChI=1S/C21H18O3/c22-19(23)12-18-16-7-3-4-8-17(16)20(21(18)24)15-10-9-13-5-1-2-6-14(13)11-15/h1-2,4-6,8-11,18,20H,3,7,12H2,(H,22,23). The van der Waals surface area contributed by atoms with Crippen molar-refractivity contribution in [2.75, 3.05) is 0 Å². The van der Waals surface area contributed by atoms with Gasteiger partial charge in [-0.05, 0) is 34.8 Å². The van der Waals surface area contributed by atoms with Crippen molar-refractivity contribution >= 4 is 22.5 Å². The van der Waals surface area contributed by atoms with Crippen molar-refractivity contribution in [3.8, 4) is 0 Å². The smallest absolute Gasteiger partial charge is 0.304 e. The average Bonchev–Trinajstić information content (AvgIpc) is 2.86. The van der Waals surface area contributed by atoms with Crippen molar-refractivity contribution in [3.05, 3.63) is 71.3 Å². The van der Waals surface area contributed by atoms with Crippen LogP contribution in [-0.4, -0.2) is 16.9 Å². The molecule has 0 fully saturated rings. The summed E-state index contributed by atoms with van der Waals surface area (Å²) in [6, 6.07) is 14.2. The molecule has 0 aliphatic heterocycles. The lowest BCUT2D eigenvalue weighted by Crippen LogP contribution is -2.19. The molecule has 4 rings (SSSR count). The number of hydrogen-bond acceptors (Lipinski definition) is 2. The first kappa shape index (κ1) is 14.9. The number of carbonyl (C=O) groups is 2. The Balaban J connectivity index is 1.81. The fourth-order valence-corrected chi connectivity index (χ4v) is 4.01. The van der Waals surface area contributed by atoms with Crippen LogP contribution in [0.15, 0.2) is 65.8 Å². The van der Waals surface area contributed by atoms with Gasteiger partial charge in [-0.15, -0.1) is 0 Å². The van der Waals surface area contributed by atoms with E-state index in [0.717, 1.165) is 40.3 Å². The fourth-order valence-electron chi connectivity index (χ4n) is 4.01. The van der Waals surface area contributed by atoms with Crippen molar-refractivity contribution in [3.63, 3.8) is 0 Å². The van der Waals surface area contributed by atoms with Gasteiger partial charge in [0.15, 0.2) is 5.78 Å². The molecule has 24 heavy (non-hydrogen) atoms. The predicted molar refractivity (Wildman–Crippen MR) is 92.8 cm³/mol. The molecular formula is C21H18O3. The number of allylic oxidation sites excluding steroid dienone is 4. The quantitative estimate of drug-likeness (QED) is 0.920. The Bertz CT molecular complexity index is 904. The zero-order chi connectivity index (χ0) is 16.7. The Morgan fingerprint density at radius 2 is 1.92 bits per heavy atom. The van der Waals surface area contributed by atoms with Crippen molar-refractivity contribution < 1.29 is 14.7 Å². The van der Waals surface area contributed by atoms with Crippen LogP contribution in [0.3, 0.4) is 0 Å². The molecule has 0 saturated carbocycles. The van der Waals surface area contributed by atoms with Gasteiger partial charge in [0.1, 0.15) is 0 Å². The van der Waals surface area contributed by atoms with Gasteiger partial charge in [-0.1, -0.05) is 60.2 Å². The maximum Gasteiger partial charge on any atom is 0.304 e. The predicted octanol–water partition coefficient (Wildman–Crippen LogP) is 4.24. The summed E-state index contributed by atoms with van der Waals surface area (Å²) in [5.74, 6) is -1.68. The van der Waals surface area contributed by atoms with E-state index in [-0.39, 0.29) is 18.1 Å². The largest absolute Gasteiger partial charge is 0.481 e. The number of rotatable bonds is 3. The molecule has 0 spiro atoms. The lowest BCUT2D eigenvalue weighted by Gasteiger charge is -2.15. The summed E-state index contributed by atoms with van der Waals surface area (Å²) in [6.07, 6.45) is 5.68. The molecule has 120 valence electrons. The van der Waals surface area contributed by atoms with Gasteiger partial charge in [-0.3, -0.25) is 9.59 Å². The molecule has 2 aliphatic rings. The topological polar surface area (TPSA) is 54.4 Å². The van der Waals surface area contributed by atoms with E-state index in [4.69, 9.17) is 0 Å². The molecule has 1 N–H and O–H groups in total. The SMILES string of the molecule is O=C(O)CC1C(=O)C(c2ccc3ccccc3c2)C2=C1CCC=C2. The number of carboxylic acids is 1. The minimum absolute atomic E-state index is 0.0317. The van der Waals surface area contributed by atoms with Gasteiger partial charge in [0.05, 0.1) is 18.3 Å². The molecule has 2 aromatic rings. The van der Waals surface area contributed by atoms with Crippen LogP contribution in [0.2, 0.25) is 0 Å². The first-order valence-corrected chi connectivity index (χ1v) is 8.29. The van der Waals surface area contributed by atoms with Gasteiger partial charge in [0.2, 0.25) is 0 Å². The molecule has 0 amide bonds. The highest BCUT2D eigenvalue weighted by Gasteiger charge is 2.42. The molecule has 0 radical (unpaired) electrons. The van der Waals surface area contributed by atoms with E-state index in [0.29, 0.717) is 0 Å². The maximum absolute atomic E-state index is 13.0. The van der Waals surface area contributed by atoms with Gasteiger partial charge in [0.25, 0.3) is 0 Å². The van der Waals surface area contributed by atoms with Crippen LogP contribution in [-0.2, 0) is 9.59 Å². The highest BCUT2D eigenvalue weighted by atomic mass is 16.4. The number of carbonyl (C=O) groups excluding carboxylic acids is 1. The average molecular weight is 318 g/mol. The molecule has 0 heterocycles. The molecule has 2 aromatic carbocycles. The lowest BCUT2D eigenvalue weighted by molar-refractivity contribution is -0.139. The van der Waals surface area contributed by atoms with Gasteiger partial charge in [0, 0.05) is 0 Å². The number of aliphatic carboxylic acids is 1. The first-order chi connectivity index (χ1) is 11.6. The van der Waals surface area contributed by atoms with E-state index < -0.39 is 11.9 Å². The van der Waals surface area contributed by atoms with E-state index in [1.807, 2.05) is 42.5 Å². The normalized spacial score (nSPS) is 22.9. The Kier molecular flexibility index (Phi) is 3.57. The molecular weight excluding hydrogens is 300 g/mol. The highest BCUT2D eigenvalue weighted by molar-refractivity contribution is 6.00. The first-order valence-electron chi connectivity index (χ1n) is 8.29. The monoisotopic (exact) mass is 318 g/mol. The second-order valence-corrected chi connectivity index (χ2v) is 6.51. The third-order valence-corrected chi connectivity index (χ3v) is 5.09. The molecule has 2 aliphatic carbocycles. The van der Waals surface area contributed by atoms with Crippen molar-refractivity contribution in [1.82, 2.24) is 0 Å².